The number of nitrogens with zero attached hydrogens (tertiary/aromatic N) is 4. The summed E-state index contributed by atoms with van der Waals surface area (Å²) >= 11 is 0.871. The lowest BCUT2D eigenvalue weighted by molar-refractivity contribution is 0.102. The highest BCUT2D eigenvalue weighted by atomic mass is 32.1. The second-order valence-corrected chi connectivity index (χ2v) is 9.55. The summed E-state index contributed by atoms with van der Waals surface area (Å²) in [5.74, 6) is -1.21. The molecule has 1 aromatic carbocycles. The van der Waals surface area contributed by atoms with E-state index >= 15 is 0 Å². The zero-order valence-corrected chi connectivity index (χ0v) is 18.7. The number of thiazole rings is 1. The topological polar surface area (TPSA) is 115 Å². The van der Waals surface area contributed by atoms with Crippen LogP contribution in [0.2, 0.25) is 0 Å². The molecular formula is C22H25F2N7OS. The Labute approximate surface area is 193 Å². The van der Waals surface area contributed by atoms with E-state index in [1.807, 2.05) is 4.68 Å². The molecule has 2 aliphatic rings. The van der Waals surface area contributed by atoms with Crippen LogP contribution in [0.3, 0.4) is 0 Å². The van der Waals surface area contributed by atoms with Gasteiger partial charge in [-0.3, -0.25) is 4.79 Å². The van der Waals surface area contributed by atoms with Gasteiger partial charge in [-0.05, 0) is 44.2 Å². The van der Waals surface area contributed by atoms with Gasteiger partial charge in [-0.1, -0.05) is 17.4 Å². The van der Waals surface area contributed by atoms with Gasteiger partial charge in [0.2, 0.25) is 0 Å². The van der Waals surface area contributed by atoms with E-state index < -0.39 is 17.5 Å². The van der Waals surface area contributed by atoms with E-state index in [9.17, 15) is 13.6 Å². The standard InChI is InChI=1S/C22H25F2N7OS/c23-14-4-1-5-15(24)17(14)21-29-18(19(26)33-21)20(32)28-16-11-27-31(13-6-7-13)22(16)30-9-2-3-12(25)8-10-30/h1,4-5,11-13H,2-3,6-10,25-26H2,(H,28,32)/t12-/m1/s1. The molecule has 1 amide bonds. The minimum Gasteiger partial charge on any atom is -0.389 e. The van der Waals surface area contributed by atoms with Crippen LogP contribution >= 0.6 is 11.3 Å². The summed E-state index contributed by atoms with van der Waals surface area (Å²) in [6.45, 7) is 1.60. The van der Waals surface area contributed by atoms with Crippen LogP contribution in [0.25, 0.3) is 10.6 Å². The summed E-state index contributed by atoms with van der Waals surface area (Å²) in [5, 5.41) is 7.51. The Morgan fingerprint density at radius 1 is 1.15 bits per heavy atom. The maximum absolute atomic E-state index is 14.2. The van der Waals surface area contributed by atoms with Crippen LogP contribution < -0.4 is 21.7 Å². The van der Waals surface area contributed by atoms with Crippen molar-refractivity contribution in [3.8, 4) is 10.6 Å². The van der Waals surface area contributed by atoms with Crippen LogP contribution in [0.5, 0.6) is 0 Å². The third-order valence-corrected chi connectivity index (χ3v) is 6.93. The van der Waals surface area contributed by atoms with Crippen molar-refractivity contribution in [1.29, 1.82) is 0 Å². The minimum atomic E-state index is -0.761. The predicted molar refractivity (Wildman–Crippen MR) is 124 cm³/mol. The van der Waals surface area contributed by atoms with Crippen molar-refractivity contribution in [2.75, 3.05) is 29.0 Å². The fraction of sp³-hybridized carbons (Fsp3) is 0.409. The number of nitrogens with two attached hydrogens (primary N) is 2. The van der Waals surface area contributed by atoms with E-state index in [2.05, 4.69) is 20.3 Å². The molecule has 11 heteroatoms. The molecule has 1 saturated heterocycles. The normalized spacial score (nSPS) is 18.9. The van der Waals surface area contributed by atoms with Crippen LogP contribution in [-0.2, 0) is 0 Å². The Kier molecular flexibility index (Phi) is 5.75. The van der Waals surface area contributed by atoms with Gasteiger partial charge in [0.1, 0.15) is 27.3 Å². The molecular weight excluding hydrogens is 448 g/mol. The fourth-order valence-corrected chi connectivity index (χ4v) is 5.04. The first-order valence-corrected chi connectivity index (χ1v) is 11.8. The largest absolute Gasteiger partial charge is 0.389 e. The fourth-order valence-electron chi connectivity index (χ4n) is 4.16. The van der Waals surface area contributed by atoms with Crippen molar-refractivity contribution < 1.29 is 13.6 Å². The van der Waals surface area contributed by atoms with E-state index in [1.54, 1.807) is 6.20 Å². The predicted octanol–water partition coefficient (Wildman–Crippen LogP) is 3.77. The third-order valence-electron chi connectivity index (χ3n) is 6.03. The van der Waals surface area contributed by atoms with Crippen LogP contribution in [0.1, 0.15) is 48.6 Å². The van der Waals surface area contributed by atoms with Gasteiger partial charge in [-0.2, -0.15) is 5.10 Å². The molecule has 2 fully saturated rings. The number of nitrogen functional groups attached to an aromatic ring is 1. The second-order valence-electron chi connectivity index (χ2n) is 8.52. The summed E-state index contributed by atoms with van der Waals surface area (Å²) < 4.78 is 30.3. The van der Waals surface area contributed by atoms with Crippen LogP contribution in [0.4, 0.5) is 25.3 Å². The van der Waals surface area contributed by atoms with E-state index in [4.69, 9.17) is 11.5 Å². The molecule has 5 N–H and O–H groups in total. The number of hydrogen-bond donors (Lipinski definition) is 3. The zero-order chi connectivity index (χ0) is 23.1. The van der Waals surface area contributed by atoms with Gasteiger partial charge < -0.3 is 21.7 Å². The average molecular weight is 474 g/mol. The van der Waals surface area contributed by atoms with E-state index in [-0.39, 0.29) is 27.3 Å². The van der Waals surface area contributed by atoms with E-state index in [1.165, 1.54) is 6.07 Å². The Bertz CT molecular complexity index is 1170. The molecule has 5 rings (SSSR count). The molecule has 0 spiro atoms. The highest BCUT2D eigenvalue weighted by Crippen LogP contribution is 2.41. The molecule has 0 bridgehead atoms. The van der Waals surface area contributed by atoms with Crippen molar-refractivity contribution in [3.63, 3.8) is 0 Å². The first-order chi connectivity index (χ1) is 15.9. The molecule has 174 valence electrons. The Balaban J connectivity index is 1.43. The molecule has 0 radical (unpaired) electrons. The number of carbonyl (C=O) groups is 1. The van der Waals surface area contributed by atoms with Crippen LogP contribution in [0.15, 0.2) is 24.4 Å². The first kappa shape index (κ1) is 21.8. The average Bonchev–Trinajstić information content (AvgIpc) is 3.48. The lowest BCUT2D eigenvalue weighted by atomic mass is 10.1. The van der Waals surface area contributed by atoms with Crippen molar-refractivity contribution >= 4 is 33.8 Å². The molecule has 0 unspecified atom stereocenters. The summed E-state index contributed by atoms with van der Waals surface area (Å²) in [7, 11) is 0. The number of hydrogen-bond acceptors (Lipinski definition) is 7. The van der Waals surface area contributed by atoms with Crippen molar-refractivity contribution in [1.82, 2.24) is 14.8 Å². The maximum Gasteiger partial charge on any atom is 0.277 e. The lowest BCUT2D eigenvalue weighted by Gasteiger charge is -2.25. The quantitative estimate of drug-likeness (QED) is 0.520. The Hall–Kier alpha value is -3.05. The number of aromatic nitrogens is 3. The molecule has 1 saturated carbocycles. The van der Waals surface area contributed by atoms with Gasteiger partial charge in [-0.15, -0.1) is 0 Å². The molecule has 2 aromatic heterocycles. The molecule has 1 aliphatic heterocycles. The van der Waals surface area contributed by atoms with Gasteiger partial charge in [0.15, 0.2) is 11.5 Å². The maximum atomic E-state index is 14.2. The summed E-state index contributed by atoms with van der Waals surface area (Å²) in [6, 6.07) is 4.04. The molecule has 3 heterocycles. The SMILES string of the molecule is Nc1sc(-c2c(F)cccc2F)nc1C(=O)Nc1cnn(C2CC2)c1N1CCC[C@@H](N)CC1. The number of halogens is 2. The van der Waals surface area contributed by atoms with Gasteiger partial charge >= 0.3 is 0 Å². The smallest absolute Gasteiger partial charge is 0.277 e. The minimum absolute atomic E-state index is 0.0173. The molecule has 1 atom stereocenters. The van der Waals surface area contributed by atoms with Gasteiger partial charge in [0.05, 0.1) is 17.8 Å². The second kappa shape index (κ2) is 8.71. The molecule has 8 nitrogen and oxygen atoms in total. The van der Waals surface area contributed by atoms with Crippen molar-refractivity contribution in [3.05, 3.63) is 41.7 Å². The van der Waals surface area contributed by atoms with Gasteiger partial charge in [0.25, 0.3) is 5.91 Å². The molecule has 3 aromatic rings. The molecule has 1 aliphatic carbocycles. The van der Waals surface area contributed by atoms with Crippen molar-refractivity contribution in [2.45, 2.75) is 44.2 Å². The first-order valence-electron chi connectivity index (χ1n) is 11.0. The number of amides is 1. The Morgan fingerprint density at radius 3 is 2.64 bits per heavy atom. The number of anilines is 3. The highest BCUT2D eigenvalue weighted by molar-refractivity contribution is 7.19. The van der Waals surface area contributed by atoms with E-state index in [0.29, 0.717) is 11.7 Å². The lowest BCUT2D eigenvalue weighted by Crippen LogP contribution is -2.29. The number of nitrogens with one attached hydrogen (secondary N) is 1. The Morgan fingerprint density at radius 2 is 1.91 bits per heavy atom. The summed E-state index contributed by atoms with van der Waals surface area (Å²) in [4.78, 5) is 19.5. The third kappa shape index (κ3) is 4.30. The number of rotatable bonds is 5. The van der Waals surface area contributed by atoms with Crippen LogP contribution in [-0.4, -0.2) is 39.8 Å². The van der Waals surface area contributed by atoms with Gasteiger partial charge in [0, 0.05) is 19.1 Å². The van der Waals surface area contributed by atoms with Gasteiger partial charge in [-0.25, -0.2) is 18.4 Å². The zero-order valence-electron chi connectivity index (χ0n) is 17.9. The number of benzene rings is 1. The van der Waals surface area contributed by atoms with Crippen LogP contribution in [0, 0.1) is 11.6 Å². The molecule has 33 heavy (non-hydrogen) atoms. The van der Waals surface area contributed by atoms with Crippen molar-refractivity contribution in [2.24, 2.45) is 5.73 Å². The monoisotopic (exact) mass is 473 g/mol. The summed E-state index contributed by atoms with van der Waals surface area (Å²) in [6.07, 6.45) is 6.51. The number of carbonyl (C=O) groups excluding carboxylic acids is 1. The van der Waals surface area contributed by atoms with E-state index in [0.717, 1.165) is 74.5 Å². The summed E-state index contributed by atoms with van der Waals surface area (Å²) in [5.41, 5.74) is 12.4. The highest BCUT2D eigenvalue weighted by Gasteiger charge is 2.32.